The third-order valence-electron chi connectivity index (χ3n) is 4.16. The molecule has 0 bridgehead atoms. The number of nitrogens with one attached hydrogen (secondary N) is 1. The molecule has 0 fully saturated rings. The summed E-state index contributed by atoms with van der Waals surface area (Å²) in [6.45, 7) is 10.2. The Kier molecular flexibility index (Phi) is 6.56. The first-order valence-electron chi connectivity index (χ1n) is 8.26. The quantitative estimate of drug-likeness (QED) is 0.772. The summed E-state index contributed by atoms with van der Waals surface area (Å²) >= 11 is 0. The van der Waals surface area contributed by atoms with Crippen molar-refractivity contribution in [3.63, 3.8) is 0 Å². The van der Waals surface area contributed by atoms with Crippen LogP contribution in [0.5, 0.6) is 0 Å². The van der Waals surface area contributed by atoms with Crippen molar-refractivity contribution in [2.24, 2.45) is 10.8 Å². The van der Waals surface area contributed by atoms with E-state index >= 15 is 0 Å². The Balaban J connectivity index is 0.00000127. The molecule has 0 aromatic heterocycles. The molecule has 2 rings (SSSR count). The maximum atomic E-state index is 12.0. The van der Waals surface area contributed by atoms with E-state index in [1.807, 2.05) is 39.0 Å². The van der Waals surface area contributed by atoms with Gasteiger partial charge < -0.3 is 5.32 Å². The highest BCUT2D eigenvalue weighted by Gasteiger charge is 2.29. The lowest BCUT2D eigenvalue weighted by atomic mass is 9.80. The van der Waals surface area contributed by atoms with Gasteiger partial charge in [0.25, 0.3) is 0 Å². The van der Waals surface area contributed by atoms with Gasteiger partial charge in [0.05, 0.1) is 5.41 Å². The standard InChI is InChI=1S/C19H23NO.C2H6/c1-15-7-5-11-18(2,13-9-15)16-8-6-12-19(3,14-10-16)17(21)20-4;1-2/h5-14H,1-4H3,(H,20,21);1-2H3. The van der Waals surface area contributed by atoms with E-state index in [1.165, 1.54) is 11.1 Å². The van der Waals surface area contributed by atoms with Gasteiger partial charge in [0.2, 0.25) is 5.91 Å². The summed E-state index contributed by atoms with van der Waals surface area (Å²) < 4.78 is 0. The molecule has 2 aliphatic rings. The fourth-order valence-corrected chi connectivity index (χ4v) is 2.51. The van der Waals surface area contributed by atoms with E-state index in [4.69, 9.17) is 0 Å². The van der Waals surface area contributed by atoms with Crippen molar-refractivity contribution in [3.8, 4) is 0 Å². The van der Waals surface area contributed by atoms with Gasteiger partial charge in [-0.2, -0.15) is 0 Å². The van der Waals surface area contributed by atoms with Gasteiger partial charge in [-0.15, -0.1) is 0 Å². The van der Waals surface area contributed by atoms with Gasteiger partial charge in [-0.1, -0.05) is 80.2 Å². The Hall–Kier alpha value is -2.09. The average Bonchev–Trinajstić information content (AvgIpc) is 2.87. The molecule has 1 amide bonds. The largest absolute Gasteiger partial charge is 0.358 e. The van der Waals surface area contributed by atoms with Crippen LogP contribution in [0.3, 0.4) is 0 Å². The summed E-state index contributed by atoms with van der Waals surface area (Å²) in [6.07, 6.45) is 20.8. The van der Waals surface area contributed by atoms with Gasteiger partial charge in [-0.25, -0.2) is 0 Å². The number of hydrogen-bond donors (Lipinski definition) is 1. The van der Waals surface area contributed by atoms with Crippen molar-refractivity contribution in [2.75, 3.05) is 7.05 Å². The van der Waals surface area contributed by atoms with E-state index < -0.39 is 5.41 Å². The summed E-state index contributed by atoms with van der Waals surface area (Å²) in [4.78, 5) is 12.0. The van der Waals surface area contributed by atoms with E-state index in [0.717, 1.165) is 0 Å². The molecule has 2 unspecified atom stereocenters. The second-order valence-corrected chi connectivity index (χ2v) is 6.06. The molecule has 2 atom stereocenters. The highest BCUT2D eigenvalue weighted by Crippen LogP contribution is 2.36. The molecule has 0 aromatic carbocycles. The molecule has 2 aliphatic carbocycles. The van der Waals surface area contributed by atoms with E-state index in [9.17, 15) is 4.79 Å². The molecule has 2 heteroatoms. The molecule has 2 nitrogen and oxygen atoms in total. The van der Waals surface area contributed by atoms with Crippen molar-refractivity contribution >= 4 is 5.91 Å². The van der Waals surface area contributed by atoms with Gasteiger partial charge in [-0.05, 0) is 26.3 Å². The topological polar surface area (TPSA) is 29.1 Å². The normalized spacial score (nSPS) is 28.8. The first-order chi connectivity index (χ1) is 10.9. The molecule has 124 valence electrons. The number of carbonyl (C=O) groups excluding carboxylic acids is 1. The van der Waals surface area contributed by atoms with Gasteiger partial charge in [-0.3, -0.25) is 4.79 Å². The Bertz CT molecular complexity index is 616. The summed E-state index contributed by atoms with van der Waals surface area (Å²) in [6, 6.07) is 0. The minimum atomic E-state index is -0.602. The zero-order chi connectivity index (χ0) is 17.5. The second kappa shape index (κ2) is 7.96. The predicted molar refractivity (Wildman–Crippen MR) is 100 cm³/mol. The van der Waals surface area contributed by atoms with Crippen molar-refractivity contribution < 1.29 is 4.79 Å². The average molecular weight is 311 g/mol. The molecular formula is C21H29NO. The van der Waals surface area contributed by atoms with Crippen LogP contribution in [0.1, 0.15) is 34.6 Å². The van der Waals surface area contributed by atoms with Crippen molar-refractivity contribution in [3.05, 3.63) is 71.9 Å². The van der Waals surface area contributed by atoms with E-state index in [-0.39, 0.29) is 11.3 Å². The summed E-state index contributed by atoms with van der Waals surface area (Å²) in [5.41, 5.74) is 1.64. The van der Waals surface area contributed by atoms with Crippen LogP contribution in [0.2, 0.25) is 0 Å². The second-order valence-electron chi connectivity index (χ2n) is 6.06. The van der Waals surface area contributed by atoms with Crippen LogP contribution in [0.25, 0.3) is 0 Å². The van der Waals surface area contributed by atoms with Gasteiger partial charge in [0, 0.05) is 12.5 Å². The highest BCUT2D eigenvalue weighted by atomic mass is 16.2. The Morgan fingerprint density at radius 2 is 1.61 bits per heavy atom. The van der Waals surface area contributed by atoms with Gasteiger partial charge in [0.1, 0.15) is 0 Å². The molecular weight excluding hydrogens is 282 g/mol. The molecule has 0 saturated heterocycles. The lowest BCUT2D eigenvalue weighted by Gasteiger charge is -2.24. The molecule has 23 heavy (non-hydrogen) atoms. The van der Waals surface area contributed by atoms with Crippen LogP contribution in [0, 0.1) is 10.8 Å². The number of hydrogen-bond acceptors (Lipinski definition) is 1. The molecule has 1 N–H and O–H groups in total. The molecule has 0 spiro atoms. The van der Waals surface area contributed by atoms with Crippen LogP contribution in [-0.2, 0) is 4.79 Å². The van der Waals surface area contributed by atoms with Crippen molar-refractivity contribution in [1.29, 1.82) is 0 Å². The number of rotatable bonds is 2. The Labute approximate surface area is 141 Å². The summed E-state index contributed by atoms with van der Waals surface area (Å²) in [5, 5.41) is 2.72. The van der Waals surface area contributed by atoms with Crippen LogP contribution < -0.4 is 5.32 Å². The van der Waals surface area contributed by atoms with E-state index in [0.29, 0.717) is 0 Å². The maximum Gasteiger partial charge on any atom is 0.233 e. The molecule has 0 radical (unpaired) electrons. The maximum absolute atomic E-state index is 12.0. The van der Waals surface area contributed by atoms with Crippen LogP contribution in [0.4, 0.5) is 0 Å². The zero-order valence-corrected chi connectivity index (χ0v) is 15.2. The fraction of sp³-hybridized carbons (Fsp3) is 0.381. The number of amides is 1. The van der Waals surface area contributed by atoms with Crippen molar-refractivity contribution in [2.45, 2.75) is 34.6 Å². The van der Waals surface area contributed by atoms with Crippen LogP contribution in [0.15, 0.2) is 71.9 Å². The summed E-state index contributed by atoms with van der Waals surface area (Å²) in [7, 11) is 1.67. The van der Waals surface area contributed by atoms with E-state index in [1.54, 1.807) is 7.05 Å². The third-order valence-corrected chi connectivity index (χ3v) is 4.16. The van der Waals surface area contributed by atoms with Crippen molar-refractivity contribution in [1.82, 2.24) is 5.32 Å². The lowest BCUT2D eigenvalue weighted by molar-refractivity contribution is -0.125. The monoisotopic (exact) mass is 311 g/mol. The first kappa shape index (κ1) is 19.0. The minimum Gasteiger partial charge on any atom is -0.358 e. The van der Waals surface area contributed by atoms with Gasteiger partial charge >= 0.3 is 0 Å². The molecule has 0 aliphatic heterocycles. The number of allylic oxidation sites excluding steroid dienone is 10. The fourth-order valence-electron chi connectivity index (χ4n) is 2.51. The molecule has 0 saturated carbocycles. The molecule has 0 aromatic rings. The Morgan fingerprint density at radius 3 is 2.26 bits per heavy atom. The van der Waals surface area contributed by atoms with Crippen LogP contribution in [-0.4, -0.2) is 13.0 Å². The zero-order valence-electron chi connectivity index (χ0n) is 15.2. The first-order valence-corrected chi connectivity index (χ1v) is 8.26. The smallest absolute Gasteiger partial charge is 0.233 e. The highest BCUT2D eigenvalue weighted by molar-refractivity contribution is 5.86. The predicted octanol–water partition coefficient (Wildman–Crippen LogP) is 4.90. The number of carbonyl (C=O) groups is 1. The minimum absolute atomic E-state index is 0.000681. The molecule has 0 heterocycles. The lowest BCUT2D eigenvalue weighted by Crippen LogP contribution is -2.33. The van der Waals surface area contributed by atoms with Crippen LogP contribution >= 0.6 is 0 Å². The Morgan fingerprint density at radius 1 is 0.957 bits per heavy atom. The third kappa shape index (κ3) is 4.44. The van der Waals surface area contributed by atoms with Gasteiger partial charge in [0.15, 0.2) is 0 Å². The SMILES string of the molecule is CC.CNC(=O)C1(C)C=CC=C(C2(C)C=CC=C(C)C=C2)C=C1. The summed E-state index contributed by atoms with van der Waals surface area (Å²) in [5.74, 6) is -0.000681. The van der Waals surface area contributed by atoms with E-state index in [2.05, 4.69) is 61.7 Å².